The summed E-state index contributed by atoms with van der Waals surface area (Å²) in [6.07, 6.45) is 1.68. The molecule has 0 radical (unpaired) electrons. The predicted octanol–water partition coefficient (Wildman–Crippen LogP) is 4.63. The van der Waals surface area contributed by atoms with Crippen molar-refractivity contribution in [3.8, 4) is 5.75 Å². The summed E-state index contributed by atoms with van der Waals surface area (Å²) in [4.78, 5) is 38.0. The van der Waals surface area contributed by atoms with E-state index in [1.54, 1.807) is 30.3 Å². The van der Waals surface area contributed by atoms with Crippen molar-refractivity contribution in [2.45, 2.75) is 6.54 Å². The van der Waals surface area contributed by atoms with Gasteiger partial charge in [-0.25, -0.2) is 4.79 Å². The molecule has 6 nitrogen and oxygen atoms in total. The summed E-state index contributed by atoms with van der Waals surface area (Å²) in [7, 11) is 1.29. The lowest BCUT2D eigenvalue weighted by molar-refractivity contribution is -0.142. The highest BCUT2D eigenvalue weighted by molar-refractivity contribution is 8.18. The van der Waals surface area contributed by atoms with Crippen molar-refractivity contribution >= 4 is 45.7 Å². The zero-order valence-corrected chi connectivity index (χ0v) is 17.6. The lowest BCUT2D eigenvalue weighted by Crippen LogP contribution is -2.27. The third-order valence-electron chi connectivity index (χ3n) is 4.79. The van der Waals surface area contributed by atoms with E-state index < -0.39 is 5.97 Å². The van der Waals surface area contributed by atoms with E-state index in [1.165, 1.54) is 12.0 Å². The molecule has 4 rings (SSSR count). The van der Waals surface area contributed by atoms with Crippen LogP contribution in [0.1, 0.15) is 11.1 Å². The van der Waals surface area contributed by atoms with Crippen molar-refractivity contribution in [2.24, 2.45) is 0 Å². The first kappa shape index (κ1) is 20.7. The first-order valence-electron chi connectivity index (χ1n) is 9.56. The Kier molecular flexibility index (Phi) is 6.04. The number of benzene rings is 3. The van der Waals surface area contributed by atoms with E-state index in [1.807, 2.05) is 42.5 Å². The number of carbonyl (C=O) groups is 3. The molecule has 0 aromatic heterocycles. The zero-order valence-electron chi connectivity index (χ0n) is 16.7. The number of fused-ring (bicyclic) bond motifs is 1. The second kappa shape index (κ2) is 9.06. The number of methoxy groups -OCH3 is 1. The fourth-order valence-corrected chi connectivity index (χ4v) is 4.01. The van der Waals surface area contributed by atoms with Crippen LogP contribution in [-0.4, -0.2) is 35.7 Å². The molecule has 0 spiro atoms. The minimum atomic E-state index is -0.468. The van der Waals surface area contributed by atoms with Crippen LogP contribution in [0.4, 0.5) is 4.79 Å². The molecule has 0 bridgehead atoms. The SMILES string of the molecule is COC(=O)COc1ccc(/C=C2\SC(=O)N(Cc3ccc4ccccc4c3)C2=O)cc1. The van der Waals surface area contributed by atoms with Crippen molar-refractivity contribution in [1.82, 2.24) is 4.90 Å². The van der Waals surface area contributed by atoms with Gasteiger partial charge in [-0.3, -0.25) is 14.5 Å². The maximum absolute atomic E-state index is 12.8. The number of amides is 2. The van der Waals surface area contributed by atoms with Gasteiger partial charge in [-0.05, 0) is 57.9 Å². The van der Waals surface area contributed by atoms with Gasteiger partial charge in [0, 0.05) is 0 Å². The molecular weight excluding hydrogens is 414 g/mol. The molecule has 31 heavy (non-hydrogen) atoms. The molecule has 0 N–H and O–H groups in total. The van der Waals surface area contributed by atoms with E-state index in [0.29, 0.717) is 10.7 Å². The number of ether oxygens (including phenoxy) is 2. The van der Waals surface area contributed by atoms with Crippen molar-refractivity contribution in [3.05, 3.63) is 82.8 Å². The second-order valence-corrected chi connectivity index (χ2v) is 7.88. The first-order valence-corrected chi connectivity index (χ1v) is 10.4. The van der Waals surface area contributed by atoms with Gasteiger partial charge < -0.3 is 9.47 Å². The Hall–Kier alpha value is -3.58. The van der Waals surface area contributed by atoms with Gasteiger partial charge in [-0.1, -0.05) is 48.5 Å². The first-order chi connectivity index (χ1) is 15.0. The molecule has 0 atom stereocenters. The maximum atomic E-state index is 12.8. The molecule has 1 aliphatic heterocycles. The van der Waals surface area contributed by atoms with Crippen molar-refractivity contribution in [2.75, 3.05) is 13.7 Å². The van der Waals surface area contributed by atoms with Gasteiger partial charge in [0.1, 0.15) is 5.75 Å². The van der Waals surface area contributed by atoms with E-state index >= 15 is 0 Å². The van der Waals surface area contributed by atoms with Gasteiger partial charge in [-0.15, -0.1) is 0 Å². The molecule has 0 saturated carbocycles. The molecule has 0 unspecified atom stereocenters. The van der Waals surface area contributed by atoms with Crippen molar-refractivity contribution in [3.63, 3.8) is 0 Å². The van der Waals surface area contributed by atoms with E-state index in [4.69, 9.17) is 4.74 Å². The number of esters is 1. The van der Waals surface area contributed by atoms with Crippen LogP contribution in [0, 0.1) is 0 Å². The van der Waals surface area contributed by atoms with Crippen LogP contribution in [0.15, 0.2) is 71.6 Å². The Morgan fingerprint density at radius 3 is 2.48 bits per heavy atom. The lowest BCUT2D eigenvalue weighted by Gasteiger charge is -2.13. The molecule has 1 fully saturated rings. The third-order valence-corrected chi connectivity index (χ3v) is 5.70. The zero-order chi connectivity index (χ0) is 21.8. The van der Waals surface area contributed by atoms with Crippen LogP contribution in [0.25, 0.3) is 16.8 Å². The number of carbonyl (C=O) groups excluding carboxylic acids is 3. The van der Waals surface area contributed by atoms with E-state index in [0.717, 1.165) is 33.7 Å². The van der Waals surface area contributed by atoms with Gasteiger partial charge in [0.2, 0.25) is 0 Å². The summed E-state index contributed by atoms with van der Waals surface area (Å²) in [5, 5.41) is 1.89. The summed E-state index contributed by atoms with van der Waals surface area (Å²) in [5.41, 5.74) is 1.65. The summed E-state index contributed by atoms with van der Waals surface area (Å²) >= 11 is 0.927. The molecule has 1 heterocycles. The second-order valence-electron chi connectivity index (χ2n) is 6.88. The normalized spacial score (nSPS) is 15.0. The van der Waals surface area contributed by atoms with Gasteiger partial charge in [0.15, 0.2) is 6.61 Å². The minimum Gasteiger partial charge on any atom is -0.482 e. The highest BCUT2D eigenvalue weighted by Crippen LogP contribution is 2.33. The summed E-state index contributed by atoms with van der Waals surface area (Å²) in [5.74, 6) is -0.273. The smallest absolute Gasteiger partial charge is 0.343 e. The van der Waals surface area contributed by atoms with Gasteiger partial charge in [0.05, 0.1) is 18.6 Å². The van der Waals surface area contributed by atoms with Crippen LogP contribution in [0.3, 0.4) is 0 Å². The standard InChI is InChI=1S/C24H19NO5S/c1-29-22(26)15-30-20-10-7-16(8-11-20)13-21-23(27)25(24(28)31-21)14-17-6-9-18-4-2-3-5-19(18)12-17/h2-13H,14-15H2,1H3/b21-13-. The topological polar surface area (TPSA) is 72.9 Å². The summed E-state index contributed by atoms with van der Waals surface area (Å²) in [6, 6.07) is 20.8. The van der Waals surface area contributed by atoms with Crippen LogP contribution in [0.5, 0.6) is 5.75 Å². The average Bonchev–Trinajstić information content (AvgIpc) is 3.05. The van der Waals surface area contributed by atoms with Crippen LogP contribution >= 0.6 is 11.8 Å². The lowest BCUT2D eigenvalue weighted by atomic mass is 10.1. The van der Waals surface area contributed by atoms with E-state index in [2.05, 4.69) is 4.74 Å². The van der Waals surface area contributed by atoms with E-state index in [-0.39, 0.29) is 24.3 Å². The highest BCUT2D eigenvalue weighted by atomic mass is 32.2. The summed E-state index contributed by atoms with van der Waals surface area (Å²) < 4.78 is 9.84. The Labute approximate surface area is 183 Å². The molecule has 156 valence electrons. The number of imide groups is 1. The monoisotopic (exact) mass is 433 g/mol. The number of rotatable bonds is 6. The Balaban J connectivity index is 1.45. The Morgan fingerprint density at radius 2 is 1.74 bits per heavy atom. The van der Waals surface area contributed by atoms with Gasteiger partial charge in [0.25, 0.3) is 11.1 Å². The molecular formula is C24H19NO5S. The number of thioether (sulfide) groups is 1. The van der Waals surface area contributed by atoms with Gasteiger partial charge >= 0.3 is 5.97 Å². The molecule has 7 heteroatoms. The van der Waals surface area contributed by atoms with Crippen molar-refractivity contribution in [1.29, 1.82) is 0 Å². The largest absolute Gasteiger partial charge is 0.482 e. The number of hydrogen-bond donors (Lipinski definition) is 0. The fraction of sp³-hybridized carbons (Fsp3) is 0.125. The van der Waals surface area contributed by atoms with Crippen LogP contribution < -0.4 is 4.74 Å². The summed E-state index contributed by atoms with van der Waals surface area (Å²) in [6.45, 7) is 0.0522. The number of nitrogens with zero attached hydrogens (tertiary/aromatic N) is 1. The average molecular weight is 433 g/mol. The van der Waals surface area contributed by atoms with Crippen LogP contribution in [-0.2, 0) is 20.9 Å². The predicted molar refractivity (Wildman–Crippen MR) is 119 cm³/mol. The molecule has 1 saturated heterocycles. The fourth-order valence-electron chi connectivity index (χ4n) is 3.17. The highest BCUT2D eigenvalue weighted by Gasteiger charge is 2.35. The quantitative estimate of drug-likeness (QED) is 0.417. The van der Waals surface area contributed by atoms with Gasteiger partial charge in [-0.2, -0.15) is 0 Å². The van der Waals surface area contributed by atoms with Crippen LogP contribution in [0.2, 0.25) is 0 Å². The Morgan fingerprint density at radius 1 is 1.00 bits per heavy atom. The molecule has 3 aromatic rings. The maximum Gasteiger partial charge on any atom is 0.343 e. The molecule has 1 aliphatic rings. The number of hydrogen-bond acceptors (Lipinski definition) is 6. The molecule has 3 aromatic carbocycles. The van der Waals surface area contributed by atoms with E-state index in [9.17, 15) is 14.4 Å². The Bertz CT molecular complexity index is 1190. The van der Waals surface area contributed by atoms with Crippen molar-refractivity contribution < 1.29 is 23.9 Å². The molecule has 0 aliphatic carbocycles. The minimum absolute atomic E-state index is 0.177. The molecule has 2 amide bonds. The third kappa shape index (κ3) is 4.78.